The van der Waals surface area contributed by atoms with Crippen LogP contribution in [0.1, 0.15) is 23.2 Å². The minimum absolute atomic E-state index is 0.00540. The molecule has 3 aromatic carbocycles. The molecule has 4 aromatic rings. The molecule has 7 nitrogen and oxygen atoms in total. The Morgan fingerprint density at radius 1 is 0.969 bits per heavy atom. The van der Waals surface area contributed by atoms with Crippen LogP contribution < -0.4 is 10.1 Å². The van der Waals surface area contributed by atoms with Gasteiger partial charge in [-0.1, -0.05) is 18.2 Å². The van der Waals surface area contributed by atoms with Gasteiger partial charge in [-0.25, -0.2) is 8.42 Å². The van der Waals surface area contributed by atoms with Crippen LogP contribution in [0.5, 0.6) is 5.75 Å². The van der Waals surface area contributed by atoms with E-state index < -0.39 is 15.9 Å². The lowest BCUT2D eigenvalue weighted by molar-refractivity contribution is 0.102. The summed E-state index contributed by atoms with van der Waals surface area (Å²) in [5, 5.41) is 4.71. The molecule has 5 rings (SSSR count). The average Bonchev–Trinajstić information content (AvgIpc) is 3.47. The van der Waals surface area contributed by atoms with Gasteiger partial charge in [-0.15, -0.1) is 0 Å². The monoisotopic (exact) mass is 450 g/mol. The summed E-state index contributed by atoms with van der Waals surface area (Å²) in [6.07, 6.45) is 1.65. The molecule has 0 bridgehead atoms. The van der Waals surface area contributed by atoms with E-state index in [0.717, 1.165) is 34.8 Å². The molecule has 0 radical (unpaired) electrons. The predicted molar refractivity (Wildman–Crippen MR) is 123 cm³/mol. The predicted octanol–water partition coefficient (Wildman–Crippen LogP) is 4.63. The van der Waals surface area contributed by atoms with Gasteiger partial charge in [0.2, 0.25) is 10.0 Å². The Morgan fingerprint density at radius 3 is 2.50 bits per heavy atom. The van der Waals surface area contributed by atoms with Gasteiger partial charge in [0, 0.05) is 35.1 Å². The Morgan fingerprint density at radius 2 is 1.72 bits per heavy atom. The molecule has 1 N–H and O–H groups in total. The maximum absolute atomic E-state index is 13.1. The van der Waals surface area contributed by atoms with Crippen LogP contribution in [0.4, 0.5) is 5.69 Å². The number of benzene rings is 3. The van der Waals surface area contributed by atoms with Crippen LogP contribution in [0.2, 0.25) is 0 Å². The van der Waals surface area contributed by atoms with Gasteiger partial charge in [-0.2, -0.15) is 4.31 Å². The third-order valence-electron chi connectivity index (χ3n) is 5.74. The van der Waals surface area contributed by atoms with Gasteiger partial charge in [0.15, 0.2) is 0 Å². The second kappa shape index (κ2) is 7.96. The maximum atomic E-state index is 13.1. The lowest BCUT2D eigenvalue weighted by Gasteiger charge is -2.18. The van der Waals surface area contributed by atoms with Crippen LogP contribution in [0.3, 0.4) is 0 Å². The fourth-order valence-corrected chi connectivity index (χ4v) is 5.79. The number of amides is 1. The van der Waals surface area contributed by atoms with Crippen molar-refractivity contribution in [2.45, 2.75) is 17.7 Å². The first kappa shape index (κ1) is 20.5. The topological polar surface area (TPSA) is 88.8 Å². The number of furan rings is 1. The van der Waals surface area contributed by atoms with Gasteiger partial charge in [0.25, 0.3) is 5.91 Å². The number of fused-ring (bicyclic) bond motifs is 3. The molecule has 0 unspecified atom stereocenters. The highest BCUT2D eigenvalue weighted by Gasteiger charge is 2.30. The van der Waals surface area contributed by atoms with Crippen molar-refractivity contribution in [2.75, 3.05) is 25.5 Å². The molecule has 164 valence electrons. The smallest absolute Gasteiger partial charge is 0.255 e. The number of sulfonamides is 1. The van der Waals surface area contributed by atoms with E-state index in [1.165, 1.54) is 23.5 Å². The SMILES string of the molecule is COc1ccc(C(=O)Nc2ccc3oc4ccccc4c3c2)cc1S(=O)(=O)N1CCCC1. The van der Waals surface area contributed by atoms with Gasteiger partial charge >= 0.3 is 0 Å². The van der Waals surface area contributed by atoms with Crippen LogP contribution in [0, 0.1) is 0 Å². The van der Waals surface area contributed by atoms with Crippen molar-refractivity contribution >= 4 is 43.6 Å². The maximum Gasteiger partial charge on any atom is 0.255 e. The van der Waals surface area contributed by atoms with Crippen molar-refractivity contribution in [2.24, 2.45) is 0 Å². The number of rotatable bonds is 5. The van der Waals surface area contributed by atoms with E-state index in [1.807, 2.05) is 36.4 Å². The third kappa shape index (κ3) is 3.51. The molecule has 1 aliphatic heterocycles. The van der Waals surface area contributed by atoms with Gasteiger partial charge < -0.3 is 14.5 Å². The molecule has 32 heavy (non-hydrogen) atoms. The van der Waals surface area contributed by atoms with E-state index >= 15 is 0 Å². The number of hydrogen-bond acceptors (Lipinski definition) is 5. The Labute approximate surface area is 185 Å². The minimum Gasteiger partial charge on any atom is -0.495 e. The number of methoxy groups -OCH3 is 1. The average molecular weight is 451 g/mol. The second-order valence-electron chi connectivity index (χ2n) is 7.74. The van der Waals surface area contributed by atoms with Crippen molar-refractivity contribution < 1.29 is 22.4 Å². The highest BCUT2D eigenvalue weighted by atomic mass is 32.2. The highest BCUT2D eigenvalue weighted by Crippen LogP contribution is 2.32. The summed E-state index contributed by atoms with van der Waals surface area (Å²) in [7, 11) is -2.32. The summed E-state index contributed by atoms with van der Waals surface area (Å²) in [4.78, 5) is 13.0. The molecule has 1 amide bonds. The first-order valence-corrected chi connectivity index (χ1v) is 11.8. The van der Waals surface area contributed by atoms with E-state index in [1.54, 1.807) is 12.1 Å². The van der Waals surface area contributed by atoms with Crippen LogP contribution in [-0.4, -0.2) is 38.8 Å². The van der Waals surface area contributed by atoms with Gasteiger partial charge in [0.1, 0.15) is 21.8 Å². The summed E-state index contributed by atoms with van der Waals surface area (Å²) >= 11 is 0. The number of hydrogen-bond donors (Lipinski definition) is 1. The summed E-state index contributed by atoms with van der Waals surface area (Å²) in [5.41, 5.74) is 2.33. The van der Waals surface area contributed by atoms with Gasteiger partial charge in [0.05, 0.1) is 7.11 Å². The molecular formula is C24H22N2O5S. The number of carbonyl (C=O) groups is 1. The van der Waals surface area contributed by atoms with Gasteiger partial charge in [-0.3, -0.25) is 4.79 Å². The van der Waals surface area contributed by atoms with Crippen molar-refractivity contribution in [1.82, 2.24) is 4.31 Å². The fraction of sp³-hybridized carbons (Fsp3) is 0.208. The van der Waals surface area contributed by atoms with Crippen LogP contribution in [-0.2, 0) is 10.0 Å². The van der Waals surface area contributed by atoms with Crippen LogP contribution in [0.15, 0.2) is 70.0 Å². The summed E-state index contributed by atoms with van der Waals surface area (Å²) < 4.78 is 38.7. The molecule has 1 fully saturated rings. The fourth-order valence-electron chi connectivity index (χ4n) is 4.09. The van der Waals surface area contributed by atoms with Crippen molar-refractivity contribution in [1.29, 1.82) is 0 Å². The van der Waals surface area contributed by atoms with E-state index in [0.29, 0.717) is 18.8 Å². The van der Waals surface area contributed by atoms with Crippen LogP contribution >= 0.6 is 0 Å². The Hall–Kier alpha value is -3.36. The molecule has 8 heteroatoms. The number of anilines is 1. The summed E-state index contributed by atoms with van der Waals surface area (Å²) in [5.74, 6) is -0.183. The zero-order valence-corrected chi connectivity index (χ0v) is 18.3. The van der Waals surface area contributed by atoms with Crippen molar-refractivity contribution in [3.63, 3.8) is 0 Å². The third-order valence-corrected chi connectivity index (χ3v) is 7.66. The lowest BCUT2D eigenvalue weighted by Crippen LogP contribution is -2.28. The number of nitrogens with zero attached hydrogens (tertiary/aromatic N) is 1. The normalized spacial score (nSPS) is 14.8. The molecule has 0 spiro atoms. The van der Waals surface area contributed by atoms with Crippen molar-refractivity contribution in [3.8, 4) is 5.75 Å². The molecule has 0 saturated carbocycles. The molecule has 1 saturated heterocycles. The van der Waals surface area contributed by atoms with E-state index in [2.05, 4.69) is 5.32 Å². The number of para-hydroxylation sites is 1. The quantitative estimate of drug-likeness (QED) is 0.479. The molecule has 2 heterocycles. The summed E-state index contributed by atoms with van der Waals surface area (Å²) in [6, 6.07) is 17.6. The molecule has 0 aliphatic carbocycles. The second-order valence-corrected chi connectivity index (χ2v) is 9.65. The minimum atomic E-state index is -3.74. The lowest BCUT2D eigenvalue weighted by atomic mass is 10.1. The Balaban J connectivity index is 1.47. The number of ether oxygens (including phenoxy) is 1. The zero-order chi connectivity index (χ0) is 22.3. The van der Waals surface area contributed by atoms with E-state index in [-0.39, 0.29) is 16.2 Å². The zero-order valence-electron chi connectivity index (χ0n) is 17.5. The standard InChI is InChI=1S/C24H22N2O5S/c1-30-22-10-8-16(14-23(22)32(28,29)26-12-4-5-13-26)24(27)25-17-9-11-21-19(15-17)18-6-2-3-7-20(18)31-21/h2-3,6-11,14-15H,4-5,12-13H2,1H3,(H,25,27). The first-order valence-electron chi connectivity index (χ1n) is 10.4. The largest absolute Gasteiger partial charge is 0.495 e. The van der Waals surface area contributed by atoms with E-state index in [4.69, 9.17) is 9.15 Å². The Kier molecular flexibility index (Phi) is 5.11. The van der Waals surface area contributed by atoms with E-state index in [9.17, 15) is 13.2 Å². The number of carbonyl (C=O) groups excluding carboxylic acids is 1. The van der Waals surface area contributed by atoms with Crippen molar-refractivity contribution in [3.05, 3.63) is 66.2 Å². The summed E-state index contributed by atoms with van der Waals surface area (Å²) in [6.45, 7) is 0.946. The molecule has 1 aromatic heterocycles. The van der Waals surface area contributed by atoms with Crippen LogP contribution in [0.25, 0.3) is 21.9 Å². The Bertz CT molecular complexity index is 1440. The molecular weight excluding hydrogens is 428 g/mol. The molecule has 1 aliphatic rings. The molecule has 0 atom stereocenters. The number of nitrogens with one attached hydrogen (secondary N) is 1. The first-order chi connectivity index (χ1) is 15.5. The highest BCUT2D eigenvalue weighted by molar-refractivity contribution is 7.89. The van der Waals surface area contributed by atoms with Gasteiger partial charge in [-0.05, 0) is 55.3 Å².